The van der Waals surface area contributed by atoms with Gasteiger partial charge in [-0.3, -0.25) is 5.10 Å². The van der Waals surface area contributed by atoms with Crippen LogP contribution in [0.1, 0.15) is 19.4 Å². The lowest BCUT2D eigenvalue weighted by atomic mass is 10.1. The van der Waals surface area contributed by atoms with Crippen LogP contribution in [0.15, 0.2) is 23.7 Å². The number of H-pyrrole nitrogens is 1. The van der Waals surface area contributed by atoms with Gasteiger partial charge >= 0.3 is 0 Å². The molecule has 18 heavy (non-hydrogen) atoms. The maximum Gasteiger partial charge on any atom is 0.0794 e. The molecule has 0 aromatic carbocycles. The van der Waals surface area contributed by atoms with Gasteiger partial charge in [-0.1, -0.05) is 6.07 Å². The fraction of sp³-hybridized carbons (Fsp3) is 0.462. The second-order valence-electron chi connectivity index (χ2n) is 4.81. The third-order valence-electron chi connectivity index (χ3n) is 2.90. The fourth-order valence-electron chi connectivity index (χ4n) is 1.65. The van der Waals surface area contributed by atoms with Crippen LogP contribution in [0.2, 0.25) is 0 Å². The van der Waals surface area contributed by atoms with E-state index in [0.29, 0.717) is 0 Å². The molecule has 0 saturated carbocycles. The van der Waals surface area contributed by atoms with Gasteiger partial charge in [-0.2, -0.15) is 5.10 Å². The van der Waals surface area contributed by atoms with Crippen molar-refractivity contribution in [3.63, 3.8) is 0 Å². The third kappa shape index (κ3) is 3.19. The minimum absolute atomic E-state index is 0.146. The van der Waals surface area contributed by atoms with Gasteiger partial charge < -0.3 is 10.1 Å². The summed E-state index contributed by atoms with van der Waals surface area (Å²) in [4.78, 5) is 1.22. The van der Waals surface area contributed by atoms with Crippen molar-refractivity contribution in [2.75, 3.05) is 13.7 Å². The van der Waals surface area contributed by atoms with Gasteiger partial charge in [-0.25, -0.2) is 0 Å². The molecule has 0 amide bonds. The number of nitrogens with zero attached hydrogens (tertiary/aromatic N) is 1. The maximum absolute atomic E-state index is 5.38. The Hall–Kier alpha value is -1.17. The number of hydrogen-bond acceptors (Lipinski definition) is 4. The predicted octanol–water partition coefficient (Wildman–Crippen LogP) is 2.65. The minimum atomic E-state index is -0.146. The molecule has 0 aliphatic heterocycles. The number of methoxy groups -OCH3 is 1. The molecule has 0 bridgehead atoms. The summed E-state index contributed by atoms with van der Waals surface area (Å²) in [5, 5.41) is 12.7. The van der Waals surface area contributed by atoms with Crippen LogP contribution in [-0.2, 0) is 11.3 Å². The second kappa shape index (κ2) is 5.65. The van der Waals surface area contributed by atoms with Crippen LogP contribution >= 0.6 is 11.3 Å². The zero-order valence-corrected chi connectivity index (χ0v) is 11.8. The molecule has 5 heteroatoms. The van der Waals surface area contributed by atoms with Crippen LogP contribution in [0.5, 0.6) is 0 Å². The van der Waals surface area contributed by atoms with E-state index in [1.807, 2.05) is 12.3 Å². The smallest absolute Gasteiger partial charge is 0.0794 e. The molecule has 4 nitrogen and oxygen atoms in total. The fourth-order valence-corrected chi connectivity index (χ4v) is 2.41. The third-order valence-corrected chi connectivity index (χ3v) is 3.79. The summed E-state index contributed by atoms with van der Waals surface area (Å²) in [7, 11) is 1.73. The van der Waals surface area contributed by atoms with Crippen LogP contribution < -0.4 is 5.32 Å². The Morgan fingerprint density at radius 1 is 1.50 bits per heavy atom. The normalized spacial score (nSPS) is 11.9. The van der Waals surface area contributed by atoms with E-state index in [1.54, 1.807) is 18.4 Å². The Labute approximate surface area is 111 Å². The molecule has 0 radical (unpaired) electrons. The highest BCUT2D eigenvalue weighted by Crippen LogP contribution is 2.25. The largest absolute Gasteiger partial charge is 0.377 e. The Bertz CT molecular complexity index is 476. The van der Waals surface area contributed by atoms with Crippen molar-refractivity contribution in [2.24, 2.45) is 0 Å². The highest BCUT2D eigenvalue weighted by Gasteiger charge is 2.16. The molecule has 0 aliphatic carbocycles. The quantitative estimate of drug-likeness (QED) is 0.844. The first-order valence-corrected chi connectivity index (χ1v) is 6.82. The number of ether oxygens (including phenoxy) is 1. The summed E-state index contributed by atoms with van der Waals surface area (Å²) in [5.74, 6) is 0. The van der Waals surface area contributed by atoms with Crippen molar-refractivity contribution in [3.05, 3.63) is 29.3 Å². The summed E-state index contributed by atoms with van der Waals surface area (Å²) >= 11 is 1.71. The molecule has 0 unspecified atom stereocenters. The van der Waals surface area contributed by atoms with Crippen LogP contribution in [0.3, 0.4) is 0 Å². The van der Waals surface area contributed by atoms with E-state index in [1.165, 1.54) is 10.4 Å². The van der Waals surface area contributed by atoms with Gasteiger partial charge in [0.25, 0.3) is 0 Å². The second-order valence-corrected chi connectivity index (χ2v) is 5.76. The van der Waals surface area contributed by atoms with Gasteiger partial charge in [-0.05, 0) is 25.3 Å². The Morgan fingerprint density at radius 3 is 3.00 bits per heavy atom. The van der Waals surface area contributed by atoms with Crippen LogP contribution in [0, 0.1) is 0 Å². The zero-order chi connectivity index (χ0) is 13.0. The van der Waals surface area contributed by atoms with Crippen molar-refractivity contribution in [1.82, 2.24) is 15.5 Å². The number of thiophene rings is 1. The molecule has 2 aromatic heterocycles. The maximum atomic E-state index is 5.38. The minimum Gasteiger partial charge on any atom is -0.377 e. The number of rotatable bonds is 6. The average Bonchev–Trinajstić information content (AvgIpc) is 2.98. The molecule has 0 atom stereocenters. The molecule has 0 fully saturated rings. The van der Waals surface area contributed by atoms with Crippen molar-refractivity contribution < 1.29 is 4.74 Å². The summed E-state index contributed by atoms with van der Waals surface area (Å²) in [6.07, 6.45) is 1.88. The number of aromatic nitrogens is 2. The molecule has 0 spiro atoms. The van der Waals surface area contributed by atoms with Gasteiger partial charge in [0.05, 0.1) is 22.4 Å². The van der Waals surface area contributed by atoms with Gasteiger partial charge in [0, 0.05) is 25.8 Å². The SMILES string of the molecule is COC(C)(C)CNCc1cn[nH]c1-c1cccs1. The van der Waals surface area contributed by atoms with E-state index in [4.69, 9.17) is 4.74 Å². The number of aromatic amines is 1. The zero-order valence-electron chi connectivity index (χ0n) is 11.0. The molecule has 98 valence electrons. The first kappa shape index (κ1) is 13.3. The number of nitrogens with one attached hydrogen (secondary N) is 2. The van der Waals surface area contributed by atoms with Gasteiger partial charge in [-0.15, -0.1) is 11.3 Å². The molecule has 2 N–H and O–H groups in total. The monoisotopic (exact) mass is 265 g/mol. The molecule has 2 aromatic rings. The standard InChI is InChI=1S/C13H19N3OS/c1-13(2,17-3)9-14-7-10-8-15-16-12(10)11-5-4-6-18-11/h4-6,8,14H,7,9H2,1-3H3,(H,15,16). The van der Waals surface area contributed by atoms with E-state index in [0.717, 1.165) is 18.8 Å². The van der Waals surface area contributed by atoms with Gasteiger partial charge in [0.15, 0.2) is 0 Å². The Morgan fingerprint density at radius 2 is 2.33 bits per heavy atom. The lowest BCUT2D eigenvalue weighted by Gasteiger charge is -2.23. The highest BCUT2D eigenvalue weighted by molar-refractivity contribution is 7.13. The van der Waals surface area contributed by atoms with Crippen molar-refractivity contribution in [3.8, 4) is 10.6 Å². The molecule has 2 heterocycles. The lowest BCUT2D eigenvalue weighted by Crippen LogP contribution is -2.36. The van der Waals surface area contributed by atoms with E-state index >= 15 is 0 Å². The molecular weight excluding hydrogens is 246 g/mol. The van der Waals surface area contributed by atoms with Crippen molar-refractivity contribution in [2.45, 2.75) is 26.0 Å². The summed E-state index contributed by atoms with van der Waals surface area (Å²) in [6, 6.07) is 4.15. The molecule has 0 aliphatic rings. The first-order valence-electron chi connectivity index (χ1n) is 5.94. The van der Waals surface area contributed by atoms with E-state index in [-0.39, 0.29) is 5.60 Å². The average molecular weight is 265 g/mol. The van der Waals surface area contributed by atoms with Crippen LogP contribution in [0.4, 0.5) is 0 Å². The summed E-state index contributed by atoms with van der Waals surface area (Å²) in [5.41, 5.74) is 2.14. The molecule has 0 saturated heterocycles. The van der Waals surface area contributed by atoms with Gasteiger partial charge in [0.1, 0.15) is 0 Å². The van der Waals surface area contributed by atoms with E-state index in [2.05, 4.69) is 40.8 Å². The van der Waals surface area contributed by atoms with E-state index in [9.17, 15) is 0 Å². The van der Waals surface area contributed by atoms with Gasteiger partial charge in [0.2, 0.25) is 0 Å². The summed E-state index contributed by atoms with van der Waals surface area (Å²) in [6.45, 7) is 5.72. The number of hydrogen-bond donors (Lipinski definition) is 2. The molecule has 2 rings (SSSR count). The predicted molar refractivity (Wildman–Crippen MR) is 74.7 cm³/mol. The Kier molecular flexibility index (Phi) is 4.16. The molecular formula is C13H19N3OS. The van der Waals surface area contributed by atoms with Crippen molar-refractivity contribution in [1.29, 1.82) is 0 Å². The van der Waals surface area contributed by atoms with Crippen LogP contribution in [-0.4, -0.2) is 29.5 Å². The lowest BCUT2D eigenvalue weighted by molar-refractivity contribution is 0.0231. The highest BCUT2D eigenvalue weighted by atomic mass is 32.1. The van der Waals surface area contributed by atoms with Crippen molar-refractivity contribution >= 4 is 11.3 Å². The topological polar surface area (TPSA) is 49.9 Å². The van der Waals surface area contributed by atoms with E-state index < -0.39 is 0 Å². The van der Waals surface area contributed by atoms with Crippen LogP contribution in [0.25, 0.3) is 10.6 Å². The Balaban J connectivity index is 1.97. The summed E-state index contributed by atoms with van der Waals surface area (Å²) < 4.78 is 5.38. The first-order chi connectivity index (χ1) is 8.62.